The van der Waals surface area contributed by atoms with Gasteiger partial charge in [-0.1, -0.05) is 83.6 Å². The van der Waals surface area contributed by atoms with Crippen LogP contribution in [0.3, 0.4) is 0 Å². The minimum atomic E-state index is -0.647. The molecule has 0 radical (unpaired) electrons. The first kappa shape index (κ1) is 30.1. The predicted molar refractivity (Wildman–Crippen MR) is 179 cm³/mol. The molecule has 0 aliphatic carbocycles. The van der Waals surface area contributed by atoms with Gasteiger partial charge in [0.15, 0.2) is 4.80 Å². The van der Waals surface area contributed by atoms with Crippen LogP contribution in [0.5, 0.6) is 11.5 Å². The first-order valence-electron chi connectivity index (χ1n) is 14.3. The molecule has 2 heterocycles. The fraction of sp³-hybridized carbons (Fsp3) is 0.139. The third-order valence-corrected chi connectivity index (χ3v) is 8.79. The number of thiazole rings is 1. The van der Waals surface area contributed by atoms with E-state index in [1.54, 1.807) is 23.8 Å². The summed E-state index contributed by atoms with van der Waals surface area (Å²) in [6.07, 6.45) is 1.83. The minimum absolute atomic E-state index is 0.228. The van der Waals surface area contributed by atoms with Gasteiger partial charge in [-0.15, -0.1) is 0 Å². The van der Waals surface area contributed by atoms with E-state index in [0.29, 0.717) is 42.8 Å². The van der Waals surface area contributed by atoms with Crippen LogP contribution in [0, 0.1) is 6.92 Å². The summed E-state index contributed by atoms with van der Waals surface area (Å²) in [6, 6.07) is 29.4. The van der Waals surface area contributed by atoms with Crippen LogP contribution in [0.2, 0.25) is 5.02 Å². The summed E-state index contributed by atoms with van der Waals surface area (Å²) in [7, 11) is 1.61. The van der Waals surface area contributed by atoms with Crippen molar-refractivity contribution in [1.29, 1.82) is 0 Å². The van der Waals surface area contributed by atoms with E-state index in [1.807, 2.05) is 105 Å². The number of hydrogen-bond acceptors (Lipinski definition) is 6. The van der Waals surface area contributed by atoms with E-state index in [4.69, 9.17) is 26.1 Å². The van der Waals surface area contributed by atoms with Crippen molar-refractivity contribution in [3.8, 4) is 11.5 Å². The summed E-state index contributed by atoms with van der Waals surface area (Å²) in [5.74, 6) is 1.01. The van der Waals surface area contributed by atoms with E-state index in [2.05, 4.69) is 5.32 Å². The number of hydrogen-bond donors (Lipinski definition) is 1. The third kappa shape index (κ3) is 6.34. The summed E-state index contributed by atoms with van der Waals surface area (Å²) in [4.78, 5) is 33.2. The van der Waals surface area contributed by atoms with Gasteiger partial charge < -0.3 is 14.8 Å². The van der Waals surface area contributed by atoms with Gasteiger partial charge in [0, 0.05) is 16.3 Å². The predicted octanol–water partition coefficient (Wildman–Crippen LogP) is 6.42. The second kappa shape index (κ2) is 13.0. The van der Waals surface area contributed by atoms with Crippen LogP contribution in [0.1, 0.15) is 35.2 Å². The molecule has 6 rings (SSSR count). The number of carbonyl (C=O) groups is 1. The largest absolute Gasteiger partial charge is 0.496 e. The molecule has 0 saturated heterocycles. The SMILES string of the molecule is COc1ccc(/C=c2\sc3n(c2=O)C(c2ccccc2)C(C(=O)Nc2ccccc2C)=C(C)N=3)cc1COc1cccc(Cl)c1. The Morgan fingerprint density at radius 1 is 1.00 bits per heavy atom. The molecule has 1 N–H and O–H groups in total. The Balaban J connectivity index is 1.40. The second-order valence-electron chi connectivity index (χ2n) is 10.6. The highest BCUT2D eigenvalue weighted by Gasteiger charge is 2.32. The normalized spacial score (nSPS) is 14.5. The van der Waals surface area contributed by atoms with Gasteiger partial charge in [-0.2, -0.15) is 0 Å². The molecule has 0 fully saturated rings. The lowest BCUT2D eigenvalue weighted by atomic mass is 9.95. The number of allylic oxidation sites excluding steroid dienone is 1. The number of rotatable bonds is 8. The Morgan fingerprint density at radius 3 is 2.53 bits per heavy atom. The second-order valence-corrected chi connectivity index (χ2v) is 12.0. The molecular weight excluding hydrogens is 606 g/mol. The number of nitrogens with zero attached hydrogens (tertiary/aromatic N) is 2. The van der Waals surface area contributed by atoms with Crippen LogP contribution in [0.4, 0.5) is 5.69 Å². The summed E-state index contributed by atoms with van der Waals surface area (Å²) in [5, 5.41) is 3.63. The number of amides is 1. The number of nitrogens with one attached hydrogen (secondary N) is 1. The molecule has 1 atom stereocenters. The van der Waals surface area contributed by atoms with E-state index < -0.39 is 6.04 Å². The Hall–Kier alpha value is -4.92. The Bertz CT molecular complexity index is 2120. The molecule has 7 nitrogen and oxygen atoms in total. The van der Waals surface area contributed by atoms with E-state index in [0.717, 1.165) is 22.3 Å². The average Bonchev–Trinajstić information content (AvgIpc) is 3.34. The minimum Gasteiger partial charge on any atom is -0.496 e. The van der Waals surface area contributed by atoms with Crippen molar-refractivity contribution in [1.82, 2.24) is 4.57 Å². The van der Waals surface area contributed by atoms with Crippen molar-refractivity contribution >= 4 is 40.6 Å². The molecule has 1 aliphatic heterocycles. The van der Waals surface area contributed by atoms with Crippen LogP contribution < -0.4 is 29.7 Å². The van der Waals surface area contributed by atoms with Gasteiger partial charge in [-0.05, 0) is 73.0 Å². The van der Waals surface area contributed by atoms with Crippen LogP contribution in [-0.4, -0.2) is 17.6 Å². The monoisotopic (exact) mass is 635 g/mol. The average molecular weight is 636 g/mol. The Kier molecular flexibility index (Phi) is 8.69. The molecule has 5 aromatic rings. The molecule has 0 saturated carbocycles. The molecule has 1 aromatic heterocycles. The number of ether oxygens (including phenoxy) is 2. The van der Waals surface area contributed by atoms with Gasteiger partial charge in [0.2, 0.25) is 0 Å². The van der Waals surface area contributed by atoms with Gasteiger partial charge in [0.1, 0.15) is 18.1 Å². The summed E-state index contributed by atoms with van der Waals surface area (Å²) in [5.41, 5.74) is 4.84. The number of aryl methyl sites for hydroxylation is 1. The van der Waals surface area contributed by atoms with E-state index >= 15 is 0 Å². The van der Waals surface area contributed by atoms with Crippen molar-refractivity contribution in [2.75, 3.05) is 12.4 Å². The molecule has 1 unspecified atom stereocenters. The van der Waals surface area contributed by atoms with Crippen LogP contribution in [0.15, 0.2) is 118 Å². The molecule has 45 heavy (non-hydrogen) atoms. The fourth-order valence-corrected chi connectivity index (χ4v) is 6.56. The van der Waals surface area contributed by atoms with Crippen molar-refractivity contribution in [3.63, 3.8) is 0 Å². The molecule has 1 amide bonds. The summed E-state index contributed by atoms with van der Waals surface area (Å²) in [6.45, 7) is 4.00. The summed E-state index contributed by atoms with van der Waals surface area (Å²) >= 11 is 7.40. The number of methoxy groups -OCH3 is 1. The number of halogens is 1. The highest BCUT2D eigenvalue weighted by molar-refractivity contribution is 7.07. The van der Waals surface area contributed by atoms with Gasteiger partial charge in [-0.3, -0.25) is 14.2 Å². The fourth-order valence-electron chi connectivity index (χ4n) is 5.34. The molecular formula is C36H30ClN3O4S. The molecule has 0 bridgehead atoms. The molecule has 1 aliphatic rings. The first-order valence-corrected chi connectivity index (χ1v) is 15.5. The molecule has 226 valence electrons. The zero-order valence-corrected chi connectivity index (χ0v) is 26.5. The maximum absolute atomic E-state index is 14.1. The molecule has 0 spiro atoms. The highest BCUT2D eigenvalue weighted by atomic mass is 35.5. The lowest BCUT2D eigenvalue weighted by Crippen LogP contribution is -2.40. The number of para-hydroxylation sites is 1. The molecule has 9 heteroatoms. The quantitative estimate of drug-likeness (QED) is 0.213. The van der Waals surface area contributed by atoms with Gasteiger partial charge in [0.25, 0.3) is 11.5 Å². The zero-order chi connectivity index (χ0) is 31.5. The Morgan fingerprint density at radius 2 is 1.78 bits per heavy atom. The standard InChI is InChI=1S/C36H30ClN3O4S/c1-22-10-7-8-15-29(22)39-34(41)32-23(2)38-36-40(33(32)25-11-5-4-6-12-25)35(42)31(45-36)19-24-16-17-30(43-3)26(18-24)21-44-28-14-9-13-27(37)20-28/h4-20,33H,21H2,1-3H3,(H,39,41)/b31-19-. The first-order chi connectivity index (χ1) is 21.8. The Labute approximate surface area is 269 Å². The smallest absolute Gasteiger partial charge is 0.271 e. The van der Waals surface area contributed by atoms with E-state index in [1.165, 1.54) is 11.3 Å². The van der Waals surface area contributed by atoms with Crippen LogP contribution in [-0.2, 0) is 11.4 Å². The number of fused-ring (bicyclic) bond motifs is 1. The van der Waals surface area contributed by atoms with Gasteiger partial charge in [-0.25, -0.2) is 4.99 Å². The third-order valence-electron chi connectivity index (χ3n) is 7.57. The van der Waals surface area contributed by atoms with Crippen LogP contribution in [0.25, 0.3) is 6.08 Å². The van der Waals surface area contributed by atoms with Crippen molar-refractivity contribution in [2.45, 2.75) is 26.5 Å². The summed E-state index contributed by atoms with van der Waals surface area (Å²) < 4.78 is 13.7. The van der Waals surface area contributed by atoms with E-state index in [9.17, 15) is 9.59 Å². The van der Waals surface area contributed by atoms with Crippen molar-refractivity contribution in [2.24, 2.45) is 4.99 Å². The molecule has 4 aromatic carbocycles. The topological polar surface area (TPSA) is 81.9 Å². The maximum atomic E-state index is 14.1. The maximum Gasteiger partial charge on any atom is 0.271 e. The number of aromatic nitrogens is 1. The number of benzene rings is 4. The lowest BCUT2D eigenvalue weighted by Gasteiger charge is -2.25. The zero-order valence-electron chi connectivity index (χ0n) is 24.9. The number of carbonyl (C=O) groups excluding carboxylic acids is 1. The van der Waals surface area contributed by atoms with Crippen molar-refractivity contribution in [3.05, 3.63) is 155 Å². The highest BCUT2D eigenvalue weighted by Crippen LogP contribution is 2.31. The number of anilines is 1. The van der Waals surface area contributed by atoms with Gasteiger partial charge in [0.05, 0.1) is 29.0 Å². The van der Waals surface area contributed by atoms with Crippen molar-refractivity contribution < 1.29 is 14.3 Å². The van der Waals surface area contributed by atoms with E-state index in [-0.39, 0.29) is 18.1 Å². The lowest BCUT2D eigenvalue weighted by molar-refractivity contribution is -0.113. The van der Waals surface area contributed by atoms with Crippen LogP contribution >= 0.6 is 22.9 Å². The van der Waals surface area contributed by atoms with Gasteiger partial charge >= 0.3 is 0 Å².